The van der Waals surface area contributed by atoms with Crippen molar-refractivity contribution in [3.05, 3.63) is 33.8 Å². The summed E-state index contributed by atoms with van der Waals surface area (Å²) in [4.78, 5) is 11.4. The third kappa shape index (κ3) is 3.21. The van der Waals surface area contributed by atoms with Crippen molar-refractivity contribution in [2.75, 3.05) is 14.1 Å². The average Bonchev–Trinajstić information content (AvgIpc) is 2.28. The first-order chi connectivity index (χ1) is 8.87. The van der Waals surface area contributed by atoms with Gasteiger partial charge in [-0.1, -0.05) is 19.9 Å². The second kappa shape index (κ2) is 4.87. The number of hydrogen-bond acceptors (Lipinski definition) is 3. The summed E-state index contributed by atoms with van der Waals surface area (Å²) in [5, 5.41) is 6.64. The fourth-order valence-electron chi connectivity index (χ4n) is 2.09. The van der Waals surface area contributed by atoms with Crippen molar-refractivity contribution in [3.63, 3.8) is 0 Å². The van der Waals surface area contributed by atoms with Crippen molar-refractivity contribution in [1.82, 2.24) is 21.0 Å². The quantitative estimate of drug-likeness (QED) is 0.312. The molecule has 0 saturated carbocycles. The molecule has 0 unspecified atom stereocenters. The first kappa shape index (κ1) is 13.3. The van der Waals surface area contributed by atoms with Gasteiger partial charge >= 0.3 is 0 Å². The molecule has 1 aromatic heterocycles. The van der Waals surface area contributed by atoms with E-state index in [1.165, 1.54) is 0 Å². The zero-order chi connectivity index (χ0) is 14.0. The standard InChI is InChI=1S/C13H19N5O/c1-13(2)6-10(15-14-8-18(3)4)9-5-12(19)17-16-11(9)7-13/h5-6,8,15H,7H2,1-4H3,(H,17,19)/p+1. The second-order valence-electron chi connectivity index (χ2n) is 5.68. The molecular weight excluding hydrogens is 242 g/mol. The van der Waals surface area contributed by atoms with Crippen molar-refractivity contribution < 1.29 is 4.58 Å². The Morgan fingerprint density at radius 3 is 2.89 bits per heavy atom. The van der Waals surface area contributed by atoms with E-state index in [1.807, 2.05) is 18.7 Å². The van der Waals surface area contributed by atoms with Gasteiger partial charge in [0.15, 0.2) is 0 Å². The summed E-state index contributed by atoms with van der Waals surface area (Å²) in [6.07, 6.45) is 4.72. The van der Waals surface area contributed by atoms with E-state index in [1.54, 1.807) is 12.4 Å². The van der Waals surface area contributed by atoms with E-state index in [9.17, 15) is 4.79 Å². The molecule has 19 heavy (non-hydrogen) atoms. The van der Waals surface area contributed by atoms with Gasteiger partial charge < -0.3 is 0 Å². The molecule has 0 aromatic carbocycles. The van der Waals surface area contributed by atoms with Crippen molar-refractivity contribution in [3.8, 4) is 0 Å². The largest absolute Gasteiger partial charge is 0.272 e. The topological polar surface area (TPSA) is 72.8 Å². The molecular formula is C13H20N5O+. The summed E-state index contributed by atoms with van der Waals surface area (Å²) in [7, 11) is 3.85. The van der Waals surface area contributed by atoms with E-state index < -0.39 is 0 Å². The monoisotopic (exact) mass is 262 g/mol. The van der Waals surface area contributed by atoms with E-state index in [4.69, 9.17) is 0 Å². The lowest BCUT2D eigenvalue weighted by Gasteiger charge is -2.27. The van der Waals surface area contributed by atoms with Crippen LogP contribution in [0.5, 0.6) is 0 Å². The Balaban J connectivity index is 2.34. The fraction of sp³-hybridized carbons (Fsp3) is 0.462. The maximum absolute atomic E-state index is 11.4. The van der Waals surface area contributed by atoms with Crippen LogP contribution >= 0.6 is 0 Å². The summed E-state index contributed by atoms with van der Waals surface area (Å²) in [6, 6.07) is 1.58. The van der Waals surface area contributed by atoms with Crippen LogP contribution in [0.3, 0.4) is 0 Å². The van der Waals surface area contributed by atoms with Crippen LogP contribution in [0.15, 0.2) is 16.9 Å². The van der Waals surface area contributed by atoms with Crippen LogP contribution in [0.2, 0.25) is 0 Å². The molecule has 1 heterocycles. The highest BCUT2D eigenvalue weighted by Crippen LogP contribution is 2.32. The van der Waals surface area contributed by atoms with Gasteiger partial charge in [0.05, 0.1) is 25.5 Å². The van der Waals surface area contributed by atoms with E-state index in [0.29, 0.717) is 0 Å². The SMILES string of the molecule is C[N+](C)=CNNC1=CC(C)(C)Cc2n[nH]c(=O)cc21. The smallest absolute Gasteiger partial charge is 0.264 e. The molecule has 0 fully saturated rings. The summed E-state index contributed by atoms with van der Waals surface area (Å²) < 4.78 is 1.89. The Kier molecular flexibility index (Phi) is 3.42. The van der Waals surface area contributed by atoms with E-state index >= 15 is 0 Å². The Bertz CT molecular complexity index is 593. The van der Waals surface area contributed by atoms with E-state index in [-0.39, 0.29) is 11.0 Å². The van der Waals surface area contributed by atoms with E-state index in [0.717, 1.165) is 23.4 Å². The highest BCUT2D eigenvalue weighted by Gasteiger charge is 2.27. The molecule has 6 heteroatoms. The van der Waals surface area contributed by atoms with Gasteiger partial charge in [0.2, 0.25) is 0 Å². The molecule has 0 spiro atoms. The Hall–Kier alpha value is -2.11. The maximum Gasteiger partial charge on any atom is 0.264 e. The van der Waals surface area contributed by atoms with Gasteiger partial charge in [0, 0.05) is 18.1 Å². The number of rotatable bonds is 3. The lowest BCUT2D eigenvalue weighted by Crippen LogP contribution is -2.35. The minimum absolute atomic E-state index is 0.000368. The third-order valence-electron chi connectivity index (χ3n) is 2.87. The zero-order valence-corrected chi connectivity index (χ0v) is 11.7. The summed E-state index contributed by atoms with van der Waals surface area (Å²) in [5.41, 5.74) is 8.55. The predicted octanol–water partition coefficient (Wildman–Crippen LogP) is 0.0877. The van der Waals surface area contributed by atoms with Crippen molar-refractivity contribution in [2.24, 2.45) is 5.41 Å². The molecule has 0 radical (unpaired) electrons. The molecule has 3 N–H and O–H groups in total. The first-order valence-electron chi connectivity index (χ1n) is 6.20. The highest BCUT2D eigenvalue weighted by molar-refractivity contribution is 5.69. The zero-order valence-electron chi connectivity index (χ0n) is 11.7. The minimum Gasteiger partial charge on any atom is -0.272 e. The van der Waals surface area contributed by atoms with Gasteiger partial charge in [-0.2, -0.15) is 10.5 Å². The van der Waals surface area contributed by atoms with Crippen LogP contribution in [-0.2, 0) is 6.42 Å². The Labute approximate surface area is 112 Å². The van der Waals surface area contributed by atoms with Crippen molar-refractivity contribution in [1.29, 1.82) is 0 Å². The molecule has 1 aliphatic rings. The van der Waals surface area contributed by atoms with Gasteiger partial charge in [-0.15, -0.1) is 0 Å². The number of hydrogen-bond donors (Lipinski definition) is 3. The normalized spacial score (nSPS) is 16.1. The summed E-state index contributed by atoms with van der Waals surface area (Å²) in [5.74, 6) is 0. The minimum atomic E-state index is -0.192. The van der Waals surface area contributed by atoms with Gasteiger partial charge in [-0.05, 0) is 5.41 Å². The number of H-pyrrole nitrogens is 1. The van der Waals surface area contributed by atoms with Gasteiger partial charge in [0.1, 0.15) is 0 Å². The maximum atomic E-state index is 11.4. The van der Waals surface area contributed by atoms with Crippen LogP contribution < -0.4 is 16.4 Å². The van der Waals surface area contributed by atoms with Gasteiger partial charge in [0.25, 0.3) is 11.9 Å². The average molecular weight is 262 g/mol. The van der Waals surface area contributed by atoms with Crippen molar-refractivity contribution >= 4 is 12.0 Å². The van der Waals surface area contributed by atoms with Crippen LogP contribution in [-0.4, -0.2) is 35.2 Å². The molecule has 0 bridgehead atoms. The molecule has 0 amide bonds. The van der Waals surface area contributed by atoms with Crippen molar-refractivity contribution in [2.45, 2.75) is 20.3 Å². The molecule has 1 aromatic rings. The number of nitrogens with zero attached hydrogens (tertiary/aromatic N) is 2. The Morgan fingerprint density at radius 1 is 1.47 bits per heavy atom. The first-order valence-corrected chi connectivity index (χ1v) is 6.20. The molecule has 102 valence electrons. The highest BCUT2D eigenvalue weighted by atomic mass is 16.1. The number of aromatic nitrogens is 2. The number of fused-ring (bicyclic) bond motifs is 1. The lowest BCUT2D eigenvalue weighted by atomic mass is 9.80. The van der Waals surface area contributed by atoms with Crippen LogP contribution in [0.4, 0.5) is 0 Å². The van der Waals surface area contributed by atoms with Crippen LogP contribution in [0, 0.1) is 5.41 Å². The molecule has 0 aliphatic heterocycles. The molecule has 0 atom stereocenters. The second-order valence-corrected chi connectivity index (χ2v) is 5.68. The number of allylic oxidation sites excluding steroid dienone is 1. The number of aromatic amines is 1. The molecule has 0 saturated heterocycles. The van der Waals surface area contributed by atoms with Crippen LogP contribution in [0.1, 0.15) is 25.1 Å². The van der Waals surface area contributed by atoms with Gasteiger partial charge in [-0.25, -0.2) is 10.5 Å². The van der Waals surface area contributed by atoms with Gasteiger partial charge in [-0.3, -0.25) is 9.37 Å². The molecule has 6 nitrogen and oxygen atoms in total. The van der Waals surface area contributed by atoms with Crippen LogP contribution in [0.25, 0.3) is 5.70 Å². The number of hydrazine groups is 1. The fourth-order valence-corrected chi connectivity index (χ4v) is 2.09. The molecule has 1 aliphatic carbocycles. The number of nitrogens with one attached hydrogen (secondary N) is 3. The Morgan fingerprint density at radius 2 is 2.21 bits per heavy atom. The summed E-state index contributed by atoms with van der Waals surface area (Å²) in [6.45, 7) is 4.28. The predicted molar refractivity (Wildman–Crippen MR) is 74.8 cm³/mol. The summed E-state index contributed by atoms with van der Waals surface area (Å²) >= 11 is 0. The molecule has 2 rings (SSSR count). The third-order valence-corrected chi connectivity index (χ3v) is 2.87. The van der Waals surface area contributed by atoms with E-state index in [2.05, 4.69) is 41.0 Å². The lowest BCUT2D eigenvalue weighted by molar-refractivity contribution is -0.461.